The van der Waals surface area contributed by atoms with E-state index in [4.69, 9.17) is 11.6 Å². The van der Waals surface area contributed by atoms with Crippen LogP contribution in [-0.4, -0.2) is 5.91 Å². The summed E-state index contributed by atoms with van der Waals surface area (Å²) in [6.45, 7) is 0.604. The summed E-state index contributed by atoms with van der Waals surface area (Å²) in [4.78, 5) is 14.6. The van der Waals surface area contributed by atoms with Crippen LogP contribution in [0.5, 0.6) is 0 Å². The lowest BCUT2D eigenvalue weighted by molar-refractivity contribution is 0.0996. The minimum absolute atomic E-state index is 0.0510. The van der Waals surface area contributed by atoms with Crippen LogP contribution in [0.1, 0.15) is 15.9 Å². The van der Waals surface area contributed by atoms with Gasteiger partial charge in [-0.2, -0.15) is 0 Å². The predicted molar refractivity (Wildman–Crippen MR) is 93.8 cm³/mol. The molecule has 3 aromatic carbocycles. The SMILES string of the molecule is O=C1c2ccccc2CN1c1ccccc1-c1cccc(Cl)c1. The van der Waals surface area contributed by atoms with Crippen molar-refractivity contribution in [2.24, 2.45) is 0 Å². The maximum absolute atomic E-state index is 12.7. The summed E-state index contributed by atoms with van der Waals surface area (Å²) in [6, 6.07) is 23.4. The largest absolute Gasteiger partial charge is 0.303 e. The van der Waals surface area contributed by atoms with E-state index in [-0.39, 0.29) is 5.91 Å². The Hall–Kier alpha value is -2.58. The molecule has 0 N–H and O–H groups in total. The van der Waals surface area contributed by atoms with Crippen molar-refractivity contribution < 1.29 is 4.79 Å². The highest BCUT2D eigenvalue weighted by molar-refractivity contribution is 6.30. The summed E-state index contributed by atoms with van der Waals surface area (Å²) in [7, 11) is 0. The van der Waals surface area contributed by atoms with Crippen LogP contribution in [0.3, 0.4) is 0 Å². The first-order valence-electron chi connectivity index (χ1n) is 7.49. The van der Waals surface area contributed by atoms with Crippen LogP contribution >= 0.6 is 11.6 Å². The summed E-state index contributed by atoms with van der Waals surface area (Å²) >= 11 is 6.13. The molecule has 0 radical (unpaired) electrons. The van der Waals surface area contributed by atoms with Gasteiger partial charge in [-0.1, -0.05) is 60.1 Å². The molecule has 3 aromatic rings. The average Bonchev–Trinajstić information content (AvgIpc) is 2.92. The lowest BCUT2D eigenvalue weighted by Crippen LogP contribution is -2.23. The van der Waals surface area contributed by atoms with Gasteiger partial charge >= 0.3 is 0 Å². The van der Waals surface area contributed by atoms with Crippen LogP contribution in [0, 0.1) is 0 Å². The van der Waals surface area contributed by atoms with Crippen molar-refractivity contribution >= 4 is 23.2 Å². The monoisotopic (exact) mass is 319 g/mol. The lowest BCUT2D eigenvalue weighted by atomic mass is 10.0. The maximum Gasteiger partial charge on any atom is 0.258 e. The third kappa shape index (κ3) is 2.41. The Morgan fingerprint density at radius 3 is 2.35 bits per heavy atom. The fourth-order valence-corrected chi connectivity index (χ4v) is 3.25. The highest BCUT2D eigenvalue weighted by atomic mass is 35.5. The molecule has 1 heterocycles. The molecule has 0 spiro atoms. The number of rotatable bonds is 2. The Bertz CT molecular complexity index is 903. The first-order valence-corrected chi connectivity index (χ1v) is 7.86. The smallest absolute Gasteiger partial charge is 0.258 e. The van der Waals surface area contributed by atoms with Crippen LogP contribution in [0.25, 0.3) is 11.1 Å². The third-order valence-corrected chi connectivity index (χ3v) is 4.39. The molecule has 1 aliphatic rings. The number of amides is 1. The number of para-hydroxylation sites is 1. The number of fused-ring (bicyclic) bond motifs is 1. The molecular formula is C20H14ClNO. The molecule has 0 aliphatic carbocycles. The maximum atomic E-state index is 12.7. The number of carbonyl (C=O) groups excluding carboxylic acids is 1. The number of halogens is 1. The van der Waals surface area contributed by atoms with Crippen LogP contribution in [0.4, 0.5) is 5.69 Å². The van der Waals surface area contributed by atoms with Crippen LogP contribution in [0.15, 0.2) is 72.8 Å². The Morgan fingerprint density at radius 2 is 1.57 bits per heavy atom. The quantitative estimate of drug-likeness (QED) is 0.638. The number of hydrogen-bond acceptors (Lipinski definition) is 1. The fraction of sp³-hybridized carbons (Fsp3) is 0.0500. The van der Waals surface area contributed by atoms with Crippen molar-refractivity contribution in [1.29, 1.82) is 0 Å². The lowest BCUT2D eigenvalue weighted by Gasteiger charge is -2.20. The van der Waals surface area contributed by atoms with Gasteiger partial charge in [-0.25, -0.2) is 0 Å². The van der Waals surface area contributed by atoms with Gasteiger partial charge < -0.3 is 4.90 Å². The van der Waals surface area contributed by atoms with E-state index in [2.05, 4.69) is 0 Å². The van der Waals surface area contributed by atoms with Crippen molar-refractivity contribution in [2.75, 3.05) is 4.90 Å². The number of hydrogen-bond donors (Lipinski definition) is 0. The van der Waals surface area contributed by atoms with Gasteiger partial charge in [-0.05, 0) is 35.4 Å². The van der Waals surface area contributed by atoms with Gasteiger partial charge in [0, 0.05) is 16.1 Å². The van der Waals surface area contributed by atoms with Gasteiger partial charge in [-0.3, -0.25) is 4.79 Å². The van der Waals surface area contributed by atoms with Crippen molar-refractivity contribution in [3.8, 4) is 11.1 Å². The Kier molecular flexibility index (Phi) is 3.40. The molecule has 23 heavy (non-hydrogen) atoms. The van der Waals surface area contributed by atoms with Crippen molar-refractivity contribution in [3.05, 3.63) is 88.9 Å². The molecular weight excluding hydrogens is 306 g/mol. The molecule has 0 atom stereocenters. The topological polar surface area (TPSA) is 20.3 Å². The highest BCUT2D eigenvalue weighted by Crippen LogP contribution is 2.36. The molecule has 3 heteroatoms. The van der Waals surface area contributed by atoms with E-state index in [0.717, 1.165) is 27.9 Å². The van der Waals surface area contributed by atoms with Crippen LogP contribution in [0.2, 0.25) is 5.02 Å². The second-order valence-corrected chi connectivity index (χ2v) is 6.01. The van der Waals surface area contributed by atoms with Gasteiger partial charge in [0.1, 0.15) is 0 Å². The molecule has 0 aromatic heterocycles. The Labute approximate surface area is 139 Å². The zero-order chi connectivity index (χ0) is 15.8. The van der Waals surface area contributed by atoms with E-state index >= 15 is 0 Å². The van der Waals surface area contributed by atoms with Gasteiger partial charge in [-0.15, -0.1) is 0 Å². The standard InChI is InChI=1S/C20H14ClNO/c21-16-8-5-7-14(12-16)17-9-3-4-11-19(17)22-13-15-6-1-2-10-18(15)20(22)23/h1-12H,13H2. The third-order valence-electron chi connectivity index (χ3n) is 4.15. The molecule has 4 rings (SSSR count). The first-order chi connectivity index (χ1) is 11.2. The second kappa shape index (κ2) is 5.56. The summed E-state index contributed by atoms with van der Waals surface area (Å²) in [6.07, 6.45) is 0. The molecule has 0 bridgehead atoms. The molecule has 0 saturated carbocycles. The summed E-state index contributed by atoms with van der Waals surface area (Å²) < 4.78 is 0. The molecule has 112 valence electrons. The average molecular weight is 320 g/mol. The molecule has 0 saturated heterocycles. The zero-order valence-electron chi connectivity index (χ0n) is 12.4. The second-order valence-electron chi connectivity index (χ2n) is 5.58. The number of benzene rings is 3. The molecule has 0 unspecified atom stereocenters. The van der Waals surface area contributed by atoms with Crippen molar-refractivity contribution in [1.82, 2.24) is 0 Å². The fourth-order valence-electron chi connectivity index (χ4n) is 3.06. The predicted octanol–water partition coefficient (Wildman–Crippen LogP) is 5.17. The van der Waals surface area contributed by atoms with Gasteiger partial charge in [0.05, 0.1) is 12.2 Å². The van der Waals surface area contributed by atoms with Gasteiger partial charge in [0.25, 0.3) is 5.91 Å². The normalized spacial score (nSPS) is 13.3. The molecule has 1 aliphatic heterocycles. The zero-order valence-corrected chi connectivity index (χ0v) is 13.1. The minimum atomic E-state index is 0.0510. The number of nitrogens with zero attached hydrogens (tertiary/aromatic N) is 1. The van der Waals surface area contributed by atoms with E-state index in [9.17, 15) is 4.79 Å². The van der Waals surface area contributed by atoms with Crippen molar-refractivity contribution in [2.45, 2.75) is 6.54 Å². The Balaban J connectivity index is 1.81. The van der Waals surface area contributed by atoms with E-state index in [1.165, 1.54) is 0 Å². The van der Waals surface area contributed by atoms with E-state index < -0.39 is 0 Å². The number of anilines is 1. The van der Waals surface area contributed by atoms with E-state index in [1.807, 2.05) is 77.7 Å². The van der Waals surface area contributed by atoms with Crippen LogP contribution < -0.4 is 4.90 Å². The minimum Gasteiger partial charge on any atom is -0.303 e. The van der Waals surface area contributed by atoms with E-state index in [1.54, 1.807) is 0 Å². The summed E-state index contributed by atoms with van der Waals surface area (Å²) in [5, 5.41) is 0.688. The number of carbonyl (C=O) groups is 1. The van der Waals surface area contributed by atoms with E-state index in [0.29, 0.717) is 11.6 Å². The molecule has 2 nitrogen and oxygen atoms in total. The van der Waals surface area contributed by atoms with Gasteiger partial charge in [0.2, 0.25) is 0 Å². The molecule has 0 fully saturated rings. The Morgan fingerprint density at radius 1 is 0.826 bits per heavy atom. The van der Waals surface area contributed by atoms with Crippen LogP contribution in [-0.2, 0) is 6.54 Å². The first kappa shape index (κ1) is 14.0. The highest BCUT2D eigenvalue weighted by Gasteiger charge is 2.29. The molecule has 1 amide bonds. The summed E-state index contributed by atoms with van der Waals surface area (Å²) in [5.41, 5.74) is 4.79. The van der Waals surface area contributed by atoms with Gasteiger partial charge in [0.15, 0.2) is 0 Å². The van der Waals surface area contributed by atoms with Crippen molar-refractivity contribution in [3.63, 3.8) is 0 Å². The summed E-state index contributed by atoms with van der Waals surface area (Å²) in [5.74, 6) is 0.0510.